The van der Waals surface area contributed by atoms with Gasteiger partial charge in [-0.1, -0.05) is 66.5 Å². The summed E-state index contributed by atoms with van der Waals surface area (Å²) in [5, 5.41) is 9.44. The minimum Gasteiger partial charge on any atom is -0.478 e. The minimum atomic E-state index is -0.925. The van der Waals surface area contributed by atoms with E-state index >= 15 is 0 Å². The first kappa shape index (κ1) is 28.6. The third-order valence-electron chi connectivity index (χ3n) is 9.65. The lowest BCUT2D eigenvalue weighted by atomic mass is 9.69. The van der Waals surface area contributed by atoms with Crippen molar-refractivity contribution in [3.05, 3.63) is 35.4 Å². The van der Waals surface area contributed by atoms with Crippen LogP contribution in [0.25, 0.3) is 0 Å². The SMILES string of the molecule is CCCCC(c1ccc(C(=O)O)cc1)N1C(=O)C(N2CCC(C(C)C)CC2)=NC12CCC(C(C)(C)C)CC2. The number of carbonyl (C=O) groups is 2. The van der Waals surface area contributed by atoms with Crippen molar-refractivity contribution < 1.29 is 14.7 Å². The summed E-state index contributed by atoms with van der Waals surface area (Å²) in [6, 6.07) is 7.08. The third-order valence-corrected chi connectivity index (χ3v) is 9.65. The van der Waals surface area contributed by atoms with Crippen LogP contribution >= 0.6 is 0 Å². The number of carbonyl (C=O) groups excluding carboxylic acids is 1. The zero-order chi connectivity index (χ0) is 27.7. The van der Waals surface area contributed by atoms with E-state index in [9.17, 15) is 14.7 Å². The lowest BCUT2D eigenvalue weighted by molar-refractivity contribution is -0.134. The molecule has 1 unspecified atom stereocenters. The number of hydrogen-bond donors (Lipinski definition) is 1. The molecular formula is C32H49N3O3. The number of benzene rings is 1. The molecule has 2 aliphatic heterocycles. The first-order valence-electron chi connectivity index (χ1n) is 15.0. The summed E-state index contributed by atoms with van der Waals surface area (Å²) in [5.41, 5.74) is 1.03. The summed E-state index contributed by atoms with van der Waals surface area (Å²) in [5.74, 6) is 1.82. The molecular weight excluding hydrogens is 474 g/mol. The van der Waals surface area contributed by atoms with Crippen molar-refractivity contribution in [1.29, 1.82) is 0 Å². The molecule has 210 valence electrons. The topological polar surface area (TPSA) is 73.2 Å². The average molecular weight is 524 g/mol. The molecule has 1 amide bonds. The van der Waals surface area contributed by atoms with Crippen LogP contribution in [0.3, 0.4) is 0 Å². The lowest BCUT2D eigenvalue weighted by Gasteiger charge is -2.47. The van der Waals surface area contributed by atoms with Crippen LogP contribution in [0.4, 0.5) is 0 Å². The van der Waals surface area contributed by atoms with E-state index in [0.717, 1.165) is 76.4 Å². The molecule has 1 saturated carbocycles. The van der Waals surface area contributed by atoms with Crippen molar-refractivity contribution in [3.8, 4) is 0 Å². The highest BCUT2D eigenvalue weighted by Gasteiger charge is 2.53. The van der Waals surface area contributed by atoms with Crippen LogP contribution in [0.15, 0.2) is 29.3 Å². The van der Waals surface area contributed by atoms with Gasteiger partial charge in [0, 0.05) is 13.1 Å². The molecule has 1 N–H and O–H groups in total. The van der Waals surface area contributed by atoms with Gasteiger partial charge >= 0.3 is 5.97 Å². The van der Waals surface area contributed by atoms with E-state index in [1.165, 1.54) is 0 Å². The number of carboxylic acid groups (broad SMARTS) is 1. The van der Waals surface area contributed by atoms with E-state index < -0.39 is 11.6 Å². The molecule has 2 fully saturated rings. The Hall–Kier alpha value is -2.37. The molecule has 38 heavy (non-hydrogen) atoms. The molecule has 3 aliphatic rings. The predicted molar refractivity (Wildman–Crippen MR) is 153 cm³/mol. The Kier molecular flexibility index (Phi) is 8.59. The molecule has 1 aromatic rings. The normalized spacial score (nSPS) is 25.8. The van der Waals surface area contributed by atoms with Gasteiger partial charge < -0.3 is 14.9 Å². The van der Waals surface area contributed by atoms with Crippen molar-refractivity contribution in [3.63, 3.8) is 0 Å². The summed E-state index contributed by atoms with van der Waals surface area (Å²) in [7, 11) is 0. The first-order valence-corrected chi connectivity index (χ1v) is 15.0. The Bertz CT molecular complexity index is 1010. The highest BCUT2D eigenvalue weighted by molar-refractivity contribution is 6.39. The van der Waals surface area contributed by atoms with Gasteiger partial charge in [0.05, 0.1) is 11.6 Å². The number of aliphatic imine (C=N–C) groups is 1. The number of piperidine rings is 1. The van der Waals surface area contributed by atoms with Crippen molar-refractivity contribution >= 4 is 17.7 Å². The fourth-order valence-corrected chi connectivity index (χ4v) is 7.00. The number of likely N-dealkylation sites (tertiary alicyclic amines) is 1. The Balaban J connectivity index is 1.69. The summed E-state index contributed by atoms with van der Waals surface area (Å²) in [6.45, 7) is 15.6. The zero-order valence-corrected chi connectivity index (χ0v) is 24.5. The number of aromatic carboxylic acids is 1. The molecule has 4 rings (SSSR count). The van der Waals surface area contributed by atoms with E-state index in [0.29, 0.717) is 23.6 Å². The standard InChI is InChI=1S/C32H49N3O3/c1-7-8-9-27(24-10-12-25(13-11-24)30(37)38)35-29(36)28(34-20-16-23(17-21-34)22(2)3)33-32(35)18-14-26(15-19-32)31(4,5)6/h10-13,22-23,26-27H,7-9,14-21H2,1-6H3,(H,37,38). The van der Waals surface area contributed by atoms with Gasteiger partial charge in [-0.2, -0.15) is 0 Å². The number of amidine groups is 1. The number of rotatable bonds is 7. The van der Waals surface area contributed by atoms with Gasteiger partial charge in [-0.05, 0) is 85.8 Å². The molecule has 1 spiro atoms. The molecule has 1 atom stereocenters. The monoisotopic (exact) mass is 523 g/mol. The maximum atomic E-state index is 14.4. The molecule has 6 heteroatoms. The predicted octanol–water partition coefficient (Wildman–Crippen LogP) is 7.16. The quantitative estimate of drug-likeness (QED) is 0.412. The summed E-state index contributed by atoms with van der Waals surface area (Å²) in [4.78, 5) is 35.7. The summed E-state index contributed by atoms with van der Waals surface area (Å²) >= 11 is 0. The van der Waals surface area contributed by atoms with Crippen LogP contribution in [0.5, 0.6) is 0 Å². The van der Waals surface area contributed by atoms with Gasteiger partial charge in [0.25, 0.3) is 5.91 Å². The number of amides is 1. The highest BCUT2D eigenvalue weighted by Crippen LogP contribution is 2.50. The van der Waals surface area contributed by atoms with E-state index in [2.05, 4.69) is 51.3 Å². The Labute approximate surface area is 229 Å². The van der Waals surface area contributed by atoms with Crippen molar-refractivity contribution in [1.82, 2.24) is 9.80 Å². The van der Waals surface area contributed by atoms with Crippen LogP contribution in [0.1, 0.15) is 121 Å². The first-order chi connectivity index (χ1) is 18.0. The maximum Gasteiger partial charge on any atom is 0.335 e. The van der Waals surface area contributed by atoms with Gasteiger partial charge in [0.1, 0.15) is 5.66 Å². The Morgan fingerprint density at radius 3 is 2.18 bits per heavy atom. The van der Waals surface area contributed by atoms with E-state index in [-0.39, 0.29) is 22.9 Å². The summed E-state index contributed by atoms with van der Waals surface area (Å²) in [6.07, 6.45) is 9.04. The highest BCUT2D eigenvalue weighted by atomic mass is 16.4. The van der Waals surface area contributed by atoms with Crippen LogP contribution in [-0.4, -0.2) is 51.4 Å². The molecule has 1 aliphatic carbocycles. The maximum absolute atomic E-state index is 14.4. The van der Waals surface area contributed by atoms with E-state index in [1.807, 2.05) is 12.1 Å². The van der Waals surface area contributed by atoms with Gasteiger partial charge in [-0.3, -0.25) is 4.79 Å². The van der Waals surface area contributed by atoms with Crippen LogP contribution < -0.4 is 0 Å². The second kappa shape index (κ2) is 11.4. The number of hydrogen-bond acceptors (Lipinski definition) is 4. The van der Waals surface area contributed by atoms with Crippen molar-refractivity contribution in [2.75, 3.05) is 13.1 Å². The summed E-state index contributed by atoms with van der Waals surface area (Å²) < 4.78 is 0. The molecule has 6 nitrogen and oxygen atoms in total. The number of unbranched alkanes of at least 4 members (excludes halogenated alkanes) is 1. The minimum absolute atomic E-state index is 0.0746. The van der Waals surface area contributed by atoms with Crippen LogP contribution in [-0.2, 0) is 4.79 Å². The van der Waals surface area contributed by atoms with E-state index in [4.69, 9.17) is 4.99 Å². The second-order valence-electron chi connectivity index (χ2n) is 13.4. The molecule has 1 saturated heterocycles. The molecule has 0 radical (unpaired) electrons. The number of nitrogens with zero attached hydrogens (tertiary/aromatic N) is 3. The Morgan fingerprint density at radius 1 is 1.08 bits per heavy atom. The van der Waals surface area contributed by atoms with Gasteiger partial charge in [0.2, 0.25) is 0 Å². The number of carboxylic acids is 1. The fourth-order valence-electron chi connectivity index (χ4n) is 7.00. The van der Waals surface area contributed by atoms with Gasteiger partial charge in [-0.25, -0.2) is 9.79 Å². The van der Waals surface area contributed by atoms with Gasteiger partial charge in [-0.15, -0.1) is 0 Å². The Morgan fingerprint density at radius 2 is 1.68 bits per heavy atom. The van der Waals surface area contributed by atoms with Crippen molar-refractivity contribution in [2.24, 2.45) is 28.2 Å². The van der Waals surface area contributed by atoms with Crippen LogP contribution in [0, 0.1) is 23.2 Å². The largest absolute Gasteiger partial charge is 0.478 e. The van der Waals surface area contributed by atoms with Gasteiger partial charge in [0.15, 0.2) is 5.84 Å². The van der Waals surface area contributed by atoms with Crippen LogP contribution in [0.2, 0.25) is 0 Å². The average Bonchev–Trinajstić information content (AvgIpc) is 3.15. The fraction of sp³-hybridized carbons (Fsp3) is 0.719. The zero-order valence-electron chi connectivity index (χ0n) is 24.5. The molecule has 0 aromatic heterocycles. The van der Waals surface area contributed by atoms with Crippen molar-refractivity contribution in [2.45, 2.75) is 111 Å². The second-order valence-corrected chi connectivity index (χ2v) is 13.4. The third kappa shape index (κ3) is 5.79. The smallest absolute Gasteiger partial charge is 0.335 e. The molecule has 1 aromatic carbocycles. The lowest BCUT2D eigenvalue weighted by Crippen LogP contribution is -2.52. The van der Waals surface area contributed by atoms with E-state index in [1.54, 1.807) is 12.1 Å². The molecule has 0 bridgehead atoms. The molecule has 2 heterocycles.